The number of methoxy groups -OCH3 is 1. The number of nitrogens with one attached hydrogen (secondary N) is 2. The van der Waals surface area contributed by atoms with Crippen molar-refractivity contribution in [2.24, 2.45) is 0 Å². The minimum atomic E-state index is -0.278. The van der Waals surface area contributed by atoms with Gasteiger partial charge in [0.1, 0.15) is 5.75 Å². The maximum atomic E-state index is 12.3. The van der Waals surface area contributed by atoms with Gasteiger partial charge in [0.15, 0.2) is 0 Å². The molecule has 0 saturated heterocycles. The molecule has 0 aliphatic carbocycles. The molecule has 0 unspecified atom stereocenters. The van der Waals surface area contributed by atoms with Crippen molar-refractivity contribution in [3.63, 3.8) is 0 Å². The van der Waals surface area contributed by atoms with Crippen LogP contribution in [0.3, 0.4) is 0 Å². The van der Waals surface area contributed by atoms with E-state index in [0.717, 1.165) is 5.56 Å². The lowest BCUT2D eigenvalue weighted by Crippen LogP contribution is -2.11. The summed E-state index contributed by atoms with van der Waals surface area (Å²) in [6.07, 6.45) is 3.11. The maximum absolute atomic E-state index is 12.3. The first-order chi connectivity index (χ1) is 14.0. The molecule has 0 radical (unpaired) electrons. The molecule has 29 heavy (non-hydrogen) atoms. The summed E-state index contributed by atoms with van der Waals surface area (Å²) in [4.78, 5) is 24.3. The van der Waals surface area contributed by atoms with E-state index in [0.29, 0.717) is 28.4 Å². The molecule has 3 rings (SSSR count). The van der Waals surface area contributed by atoms with Gasteiger partial charge in [-0.15, -0.1) is 0 Å². The van der Waals surface area contributed by atoms with Crippen molar-refractivity contribution in [2.75, 3.05) is 23.5 Å². The van der Waals surface area contributed by atoms with Gasteiger partial charge in [-0.25, -0.2) is 0 Å². The van der Waals surface area contributed by atoms with Crippen LogP contribution in [0.4, 0.5) is 17.1 Å². The minimum absolute atomic E-state index is 0.212. The van der Waals surface area contributed by atoms with Gasteiger partial charge in [-0.05, 0) is 60.2 Å². The van der Waals surface area contributed by atoms with E-state index in [-0.39, 0.29) is 11.8 Å². The zero-order valence-corrected chi connectivity index (χ0v) is 15.9. The molecular weight excluding hydrogens is 366 g/mol. The molecule has 0 aromatic heterocycles. The maximum Gasteiger partial charge on any atom is 0.255 e. The molecule has 0 bridgehead atoms. The third-order valence-electron chi connectivity index (χ3n) is 4.17. The second-order valence-electron chi connectivity index (χ2n) is 6.21. The van der Waals surface area contributed by atoms with Crippen LogP contribution in [0.1, 0.15) is 15.9 Å². The van der Waals surface area contributed by atoms with Crippen LogP contribution in [0.15, 0.2) is 78.9 Å². The van der Waals surface area contributed by atoms with E-state index in [1.54, 1.807) is 73.8 Å². The highest BCUT2D eigenvalue weighted by Crippen LogP contribution is 2.17. The Hall–Kier alpha value is -4.06. The highest BCUT2D eigenvalue weighted by atomic mass is 16.5. The molecule has 0 fully saturated rings. The summed E-state index contributed by atoms with van der Waals surface area (Å²) in [5.41, 5.74) is 8.90. The molecule has 6 nitrogen and oxygen atoms in total. The fourth-order valence-electron chi connectivity index (χ4n) is 2.58. The number of nitrogen functional groups attached to an aromatic ring is 1. The van der Waals surface area contributed by atoms with Crippen molar-refractivity contribution in [1.82, 2.24) is 0 Å². The number of ether oxygens (including phenoxy) is 1. The van der Waals surface area contributed by atoms with Crippen LogP contribution in [-0.2, 0) is 4.79 Å². The van der Waals surface area contributed by atoms with E-state index in [1.807, 2.05) is 12.1 Å². The first-order valence-electron chi connectivity index (χ1n) is 8.94. The molecule has 0 heterocycles. The Morgan fingerprint density at radius 1 is 0.897 bits per heavy atom. The Labute approximate surface area is 169 Å². The lowest BCUT2D eigenvalue weighted by molar-refractivity contribution is -0.111. The number of para-hydroxylation sites is 2. The number of amides is 2. The number of anilines is 3. The van der Waals surface area contributed by atoms with Gasteiger partial charge in [-0.1, -0.05) is 24.3 Å². The quantitative estimate of drug-likeness (QED) is 0.437. The number of hydrogen-bond donors (Lipinski definition) is 3. The second kappa shape index (κ2) is 9.23. The summed E-state index contributed by atoms with van der Waals surface area (Å²) in [6.45, 7) is 0. The Balaban J connectivity index is 1.57. The second-order valence-corrected chi connectivity index (χ2v) is 6.21. The van der Waals surface area contributed by atoms with Crippen LogP contribution < -0.4 is 21.1 Å². The summed E-state index contributed by atoms with van der Waals surface area (Å²) in [5, 5.41) is 5.56. The van der Waals surface area contributed by atoms with Crippen molar-refractivity contribution in [3.05, 3.63) is 90.0 Å². The van der Waals surface area contributed by atoms with Crippen molar-refractivity contribution < 1.29 is 14.3 Å². The molecule has 0 spiro atoms. The standard InChI is InChI=1S/C23H21N3O3/c1-29-19-13-9-17(10-14-19)23(28)25-18-11-6-16(7-12-18)8-15-22(27)26-21-5-3-2-4-20(21)24/h2-15H,24H2,1H3,(H,25,28)(H,26,27). The van der Waals surface area contributed by atoms with Crippen LogP contribution in [0.2, 0.25) is 0 Å². The molecule has 0 aliphatic heterocycles. The number of nitrogens with two attached hydrogens (primary N) is 1. The largest absolute Gasteiger partial charge is 0.497 e. The first kappa shape index (κ1) is 19.7. The highest BCUT2D eigenvalue weighted by Gasteiger charge is 2.06. The van der Waals surface area contributed by atoms with Crippen molar-refractivity contribution in [1.29, 1.82) is 0 Å². The van der Waals surface area contributed by atoms with Gasteiger partial charge < -0.3 is 21.1 Å². The average Bonchev–Trinajstić information content (AvgIpc) is 2.75. The summed E-state index contributed by atoms with van der Waals surface area (Å²) >= 11 is 0. The highest BCUT2D eigenvalue weighted by molar-refractivity contribution is 6.05. The Morgan fingerprint density at radius 3 is 2.24 bits per heavy atom. The molecular formula is C23H21N3O3. The fourth-order valence-corrected chi connectivity index (χ4v) is 2.58. The van der Waals surface area contributed by atoms with Crippen molar-refractivity contribution in [2.45, 2.75) is 0 Å². The SMILES string of the molecule is COc1ccc(C(=O)Nc2ccc(C=CC(=O)Nc3ccccc3N)cc2)cc1. The van der Waals surface area contributed by atoms with Crippen LogP contribution in [-0.4, -0.2) is 18.9 Å². The number of carbonyl (C=O) groups excluding carboxylic acids is 2. The minimum Gasteiger partial charge on any atom is -0.497 e. The molecule has 2 amide bonds. The van der Waals surface area contributed by atoms with E-state index >= 15 is 0 Å². The third-order valence-corrected chi connectivity index (χ3v) is 4.17. The van der Waals surface area contributed by atoms with Gasteiger partial charge in [-0.3, -0.25) is 9.59 Å². The molecule has 0 atom stereocenters. The Morgan fingerprint density at radius 2 is 1.59 bits per heavy atom. The van der Waals surface area contributed by atoms with Gasteiger partial charge in [-0.2, -0.15) is 0 Å². The normalized spacial score (nSPS) is 10.5. The van der Waals surface area contributed by atoms with Crippen LogP contribution >= 0.6 is 0 Å². The Bertz CT molecular complexity index is 1030. The molecule has 3 aromatic rings. The summed E-state index contributed by atoms with van der Waals surface area (Å²) in [6, 6.07) is 21.1. The topological polar surface area (TPSA) is 93.4 Å². The van der Waals surface area contributed by atoms with Gasteiger partial charge in [0, 0.05) is 17.3 Å². The number of rotatable bonds is 6. The fraction of sp³-hybridized carbons (Fsp3) is 0.0435. The van der Waals surface area contributed by atoms with E-state index < -0.39 is 0 Å². The zero-order valence-electron chi connectivity index (χ0n) is 15.9. The van der Waals surface area contributed by atoms with Crippen LogP contribution in [0, 0.1) is 0 Å². The summed E-state index contributed by atoms with van der Waals surface area (Å²) < 4.78 is 5.09. The lowest BCUT2D eigenvalue weighted by atomic mass is 10.1. The van der Waals surface area contributed by atoms with Gasteiger partial charge in [0.25, 0.3) is 5.91 Å². The van der Waals surface area contributed by atoms with Crippen molar-refractivity contribution >= 4 is 35.0 Å². The van der Waals surface area contributed by atoms with Crippen LogP contribution in [0.5, 0.6) is 5.75 Å². The number of carbonyl (C=O) groups is 2. The zero-order chi connectivity index (χ0) is 20.6. The smallest absolute Gasteiger partial charge is 0.255 e. The van der Waals surface area contributed by atoms with Gasteiger partial charge in [0.05, 0.1) is 18.5 Å². The van der Waals surface area contributed by atoms with Crippen molar-refractivity contribution in [3.8, 4) is 5.75 Å². The summed E-state index contributed by atoms with van der Waals surface area (Å²) in [5.74, 6) is 0.201. The third kappa shape index (κ3) is 5.46. The van der Waals surface area contributed by atoms with Gasteiger partial charge >= 0.3 is 0 Å². The Kier molecular flexibility index (Phi) is 6.27. The first-order valence-corrected chi connectivity index (χ1v) is 8.94. The van der Waals surface area contributed by atoms with E-state index in [4.69, 9.17) is 10.5 Å². The predicted molar refractivity (Wildman–Crippen MR) is 116 cm³/mol. The molecule has 146 valence electrons. The average molecular weight is 387 g/mol. The molecule has 4 N–H and O–H groups in total. The molecule has 0 aliphatic rings. The van der Waals surface area contributed by atoms with Gasteiger partial charge in [0.2, 0.25) is 5.91 Å². The molecule has 6 heteroatoms. The number of benzene rings is 3. The van der Waals surface area contributed by atoms with E-state index in [9.17, 15) is 9.59 Å². The van der Waals surface area contributed by atoms with Crippen LogP contribution in [0.25, 0.3) is 6.08 Å². The van der Waals surface area contributed by atoms with E-state index in [2.05, 4.69) is 10.6 Å². The molecule has 0 saturated carbocycles. The summed E-state index contributed by atoms with van der Waals surface area (Å²) in [7, 11) is 1.58. The predicted octanol–water partition coefficient (Wildman–Crippen LogP) is 4.18. The monoisotopic (exact) mass is 387 g/mol. The van der Waals surface area contributed by atoms with E-state index in [1.165, 1.54) is 6.08 Å². The lowest BCUT2D eigenvalue weighted by Gasteiger charge is -2.07. The number of hydrogen-bond acceptors (Lipinski definition) is 4. The molecule has 3 aromatic carbocycles.